The monoisotopic (exact) mass is 504 g/mol. The molecule has 34 heavy (non-hydrogen) atoms. The Labute approximate surface area is 209 Å². The maximum absolute atomic E-state index is 12.4. The molecule has 2 aliphatic rings. The number of benzene rings is 2. The molecule has 0 radical (unpaired) electrons. The van der Waals surface area contributed by atoms with Gasteiger partial charge in [-0.3, -0.25) is 0 Å². The van der Waals surface area contributed by atoms with Gasteiger partial charge in [-0.05, 0) is 55.2 Å². The van der Waals surface area contributed by atoms with Gasteiger partial charge in [0.15, 0.2) is 17.2 Å². The van der Waals surface area contributed by atoms with E-state index in [1.54, 1.807) is 13.2 Å². The molecule has 2 aromatic rings. The van der Waals surface area contributed by atoms with Gasteiger partial charge in [-0.2, -0.15) is 0 Å². The number of aliphatic carboxylic acids is 1. The third kappa shape index (κ3) is 4.74. The maximum atomic E-state index is 12.4. The second-order valence-corrected chi connectivity index (χ2v) is 9.73. The van der Waals surface area contributed by atoms with E-state index in [9.17, 15) is 9.90 Å². The number of ether oxygens (including phenoxy) is 3. The van der Waals surface area contributed by atoms with Crippen molar-refractivity contribution in [1.82, 2.24) is 10.2 Å². The van der Waals surface area contributed by atoms with Gasteiger partial charge in [0.05, 0.1) is 7.11 Å². The van der Waals surface area contributed by atoms with Crippen molar-refractivity contribution >= 4 is 29.3 Å². The minimum absolute atomic E-state index is 0.164. The van der Waals surface area contributed by atoms with Crippen LogP contribution in [0.1, 0.15) is 45.1 Å². The average molecular weight is 505 g/mol. The molecule has 0 saturated heterocycles. The van der Waals surface area contributed by atoms with Crippen LogP contribution in [0.3, 0.4) is 0 Å². The number of carboxylic acids is 1. The highest BCUT2D eigenvalue weighted by Crippen LogP contribution is 2.46. The van der Waals surface area contributed by atoms with Gasteiger partial charge in [-0.15, -0.1) is 0 Å². The Morgan fingerprint density at radius 2 is 1.94 bits per heavy atom. The summed E-state index contributed by atoms with van der Waals surface area (Å²) < 4.78 is 16.3. The predicted molar refractivity (Wildman–Crippen MR) is 132 cm³/mol. The molecule has 0 amide bonds. The van der Waals surface area contributed by atoms with Gasteiger partial charge in [0.2, 0.25) is 6.79 Å². The van der Waals surface area contributed by atoms with Gasteiger partial charge < -0.3 is 29.5 Å². The summed E-state index contributed by atoms with van der Waals surface area (Å²) in [5.74, 6) is 1.03. The van der Waals surface area contributed by atoms with Crippen molar-refractivity contribution in [3.63, 3.8) is 0 Å². The molecule has 2 N–H and O–H groups in total. The van der Waals surface area contributed by atoms with Gasteiger partial charge in [0.1, 0.15) is 16.4 Å². The fourth-order valence-electron chi connectivity index (χ4n) is 4.29. The second kappa shape index (κ2) is 10.3. The first-order chi connectivity index (χ1) is 16.4. The van der Waals surface area contributed by atoms with Crippen molar-refractivity contribution in [2.45, 2.75) is 56.6 Å². The number of hydrogen-bond acceptors (Lipinski definition) is 7. The molecule has 4 rings (SSSR count). The van der Waals surface area contributed by atoms with Crippen LogP contribution in [0.4, 0.5) is 0 Å². The maximum Gasteiger partial charge on any atom is 0.354 e. The Morgan fingerprint density at radius 3 is 2.56 bits per heavy atom. The molecule has 0 aromatic heterocycles. The average Bonchev–Trinajstić information content (AvgIpc) is 3.41. The minimum atomic E-state index is -0.982. The van der Waals surface area contributed by atoms with Crippen LogP contribution in [0, 0.1) is 0 Å². The number of rotatable bonds is 10. The fraction of sp³-hybridized carbons (Fsp3) is 0.400. The van der Waals surface area contributed by atoms with E-state index in [0.717, 1.165) is 41.9 Å². The van der Waals surface area contributed by atoms with Gasteiger partial charge in [-0.25, -0.2) is 4.79 Å². The Bertz CT molecular complexity index is 1090. The zero-order valence-corrected chi connectivity index (χ0v) is 21.1. The first-order valence-electron chi connectivity index (χ1n) is 11.3. The first kappa shape index (κ1) is 24.4. The number of fused-ring (bicyclic) bond motifs is 1. The summed E-state index contributed by atoms with van der Waals surface area (Å²) in [5.41, 5.74) is 0.509. The summed E-state index contributed by atoms with van der Waals surface area (Å²) in [4.78, 5) is 15.4. The highest BCUT2D eigenvalue weighted by Gasteiger charge is 2.45. The molecule has 2 aliphatic heterocycles. The highest BCUT2D eigenvalue weighted by molar-refractivity contribution is 8.03. The van der Waals surface area contributed by atoms with E-state index >= 15 is 0 Å². The zero-order valence-electron chi connectivity index (χ0n) is 19.5. The number of nitrogens with one attached hydrogen (secondary N) is 1. The van der Waals surface area contributed by atoms with Crippen molar-refractivity contribution in [2.24, 2.45) is 0 Å². The van der Waals surface area contributed by atoms with Gasteiger partial charge in [0.25, 0.3) is 0 Å². The number of hydrogen-bond donors (Lipinski definition) is 2. The van der Waals surface area contributed by atoms with E-state index in [0.29, 0.717) is 28.1 Å². The van der Waals surface area contributed by atoms with Crippen LogP contribution in [-0.2, 0) is 11.3 Å². The molecule has 182 valence electrons. The lowest BCUT2D eigenvalue weighted by Gasteiger charge is -2.41. The molecule has 1 unspecified atom stereocenters. The normalized spacial score (nSPS) is 18.9. The molecule has 0 bridgehead atoms. The SMILES string of the molecule is CCCCC1(CC)NC(C(=O)O)=C(Sc2ccc(OC)cc2)N1Cc1cc2c(cc1Cl)OCO2. The van der Waals surface area contributed by atoms with E-state index in [-0.39, 0.29) is 12.5 Å². The van der Waals surface area contributed by atoms with E-state index < -0.39 is 11.6 Å². The first-order valence-corrected chi connectivity index (χ1v) is 12.5. The van der Waals surface area contributed by atoms with Crippen LogP contribution in [0.2, 0.25) is 5.02 Å². The lowest BCUT2D eigenvalue weighted by molar-refractivity contribution is -0.133. The van der Waals surface area contributed by atoms with Gasteiger partial charge in [0, 0.05) is 22.5 Å². The molecule has 2 heterocycles. The Morgan fingerprint density at radius 1 is 1.24 bits per heavy atom. The van der Waals surface area contributed by atoms with E-state index in [1.165, 1.54) is 11.8 Å². The number of thioether (sulfide) groups is 1. The summed E-state index contributed by atoms with van der Waals surface area (Å²) in [7, 11) is 1.62. The van der Waals surface area contributed by atoms with Crippen LogP contribution >= 0.6 is 23.4 Å². The number of carboxylic acid groups (broad SMARTS) is 1. The number of halogens is 1. The number of carbonyl (C=O) groups is 1. The lowest BCUT2D eigenvalue weighted by atomic mass is 9.97. The van der Waals surface area contributed by atoms with Crippen molar-refractivity contribution in [3.8, 4) is 17.2 Å². The topological polar surface area (TPSA) is 80.3 Å². The van der Waals surface area contributed by atoms with Crippen LogP contribution in [0.15, 0.2) is 52.0 Å². The van der Waals surface area contributed by atoms with Crippen molar-refractivity contribution in [2.75, 3.05) is 13.9 Å². The number of unbranched alkanes of at least 4 members (excludes halogenated alkanes) is 1. The molecule has 7 nitrogen and oxygen atoms in total. The van der Waals surface area contributed by atoms with Crippen molar-refractivity contribution in [3.05, 3.63) is 57.7 Å². The molecule has 2 aromatic carbocycles. The Kier molecular flexibility index (Phi) is 7.38. The Hall–Kier alpha value is -2.71. The van der Waals surface area contributed by atoms with Crippen LogP contribution in [0.25, 0.3) is 0 Å². The quantitative estimate of drug-likeness (QED) is 0.418. The number of methoxy groups -OCH3 is 1. The summed E-state index contributed by atoms with van der Waals surface area (Å²) in [6.07, 6.45) is 3.48. The molecule has 0 spiro atoms. The third-order valence-corrected chi connectivity index (χ3v) is 7.70. The second-order valence-electron chi connectivity index (χ2n) is 8.26. The molecule has 0 fully saturated rings. The Balaban J connectivity index is 1.75. The van der Waals surface area contributed by atoms with E-state index in [1.807, 2.05) is 30.3 Å². The molecular formula is C25H29ClN2O5S. The van der Waals surface area contributed by atoms with Crippen LogP contribution < -0.4 is 19.5 Å². The smallest absolute Gasteiger partial charge is 0.354 e. The standard InChI is InChI=1S/C25H29ClN2O5S/c1-4-6-11-25(5-2)27-22(24(29)30)23(34-18-9-7-17(31-3)8-10-18)28(25)14-16-12-20-21(13-19(16)26)33-15-32-20/h7-10,12-13,27H,4-6,11,14-15H2,1-3H3,(H,29,30). The number of nitrogens with zero attached hydrogens (tertiary/aromatic N) is 1. The van der Waals surface area contributed by atoms with Crippen LogP contribution in [-0.4, -0.2) is 35.5 Å². The third-order valence-electron chi connectivity index (χ3n) is 6.22. The largest absolute Gasteiger partial charge is 0.497 e. The van der Waals surface area contributed by atoms with Gasteiger partial charge >= 0.3 is 5.97 Å². The van der Waals surface area contributed by atoms with E-state index in [4.69, 9.17) is 25.8 Å². The molecular weight excluding hydrogens is 476 g/mol. The van der Waals surface area contributed by atoms with Crippen molar-refractivity contribution < 1.29 is 24.1 Å². The molecule has 0 aliphatic carbocycles. The van der Waals surface area contributed by atoms with E-state index in [2.05, 4.69) is 24.1 Å². The van der Waals surface area contributed by atoms with Gasteiger partial charge in [-0.1, -0.05) is 43.6 Å². The fourth-order valence-corrected chi connectivity index (χ4v) is 5.58. The summed E-state index contributed by atoms with van der Waals surface area (Å²) >= 11 is 8.06. The minimum Gasteiger partial charge on any atom is -0.497 e. The van der Waals surface area contributed by atoms with Crippen LogP contribution in [0.5, 0.6) is 17.2 Å². The summed E-state index contributed by atoms with van der Waals surface area (Å²) in [5, 5.41) is 14.7. The molecule has 9 heteroatoms. The lowest BCUT2D eigenvalue weighted by Crippen LogP contribution is -2.52. The molecule has 1 atom stereocenters. The molecule has 0 saturated carbocycles. The highest BCUT2D eigenvalue weighted by atomic mass is 35.5. The van der Waals surface area contributed by atoms with Crippen molar-refractivity contribution in [1.29, 1.82) is 0 Å². The predicted octanol–water partition coefficient (Wildman–Crippen LogP) is 5.83. The summed E-state index contributed by atoms with van der Waals surface area (Å²) in [6.45, 7) is 4.81. The summed E-state index contributed by atoms with van der Waals surface area (Å²) in [6, 6.07) is 11.3. The zero-order chi connectivity index (χ0) is 24.3.